The van der Waals surface area contributed by atoms with Crippen LogP contribution in [0.2, 0.25) is 0 Å². The van der Waals surface area contributed by atoms with E-state index in [1.54, 1.807) is 0 Å². The van der Waals surface area contributed by atoms with Gasteiger partial charge in [0, 0.05) is 24.8 Å². The second-order valence-corrected chi connectivity index (χ2v) is 4.08. The molecule has 0 unspecified atom stereocenters. The van der Waals surface area contributed by atoms with Crippen LogP contribution in [0, 0.1) is 27.7 Å². The molecule has 0 fully saturated rings. The predicted octanol–water partition coefficient (Wildman–Crippen LogP) is 3.40. The van der Waals surface area contributed by atoms with Crippen LogP contribution in [0.3, 0.4) is 0 Å². The molecule has 16 heavy (non-hydrogen) atoms. The van der Waals surface area contributed by atoms with Crippen molar-refractivity contribution in [2.24, 2.45) is 0 Å². The van der Waals surface area contributed by atoms with Gasteiger partial charge in [0.1, 0.15) is 0 Å². The van der Waals surface area contributed by atoms with Crippen molar-refractivity contribution in [3.8, 4) is 0 Å². The number of hydrogen-bond donors (Lipinski definition) is 0. The fraction of sp³-hybridized carbons (Fsp3) is 0.286. The molecule has 0 saturated heterocycles. The molecule has 0 saturated carbocycles. The van der Waals surface area contributed by atoms with E-state index in [4.69, 9.17) is 0 Å². The lowest BCUT2D eigenvalue weighted by Gasteiger charge is -1.89. The highest BCUT2D eigenvalue weighted by molar-refractivity contribution is 5.14. The first-order valence-corrected chi connectivity index (χ1v) is 5.34. The van der Waals surface area contributed by atoms with E-state index in [1.165, 1.54) is 22.3 Å². The van der Waals surface area contributed by atoms with Gasteiger partial charge in [0.2, 0.25) is 0 Å². The van der Waals surface area contributed by atoms with Crippen molar-refractivity contribution in [1.82, 2.24) is 9.97 Å². The summed E-state index contributed by atoms with van der Waals surface area (Å²) in [5.74, 6) is 0. The van der Waals surface area contributed by atoms with Gasteiger partial charge >= 0.3 is 0 Å². The Kier molecular flexibility index (Phi) is 4.65. The first kappa shape index (κ1) is 12.4. The van der Waals surface area contributed by atoms with Crippen LogP contribution in [0.25, 0.3) is 0 Å². The molecule has 2 heteroatoms. The molecule has 0 bridgehead atoms. The molecule has 2 aromatic rings. The van der Waals surface area contributed by atoms with Gasteiger partial charge in [-0.05, 0) is 49.9 Å². The normalized spacial score (nSPS) is 9.25. The number of pyridine rings is 2. The van der Waals surface area contributed by atoms with E-state index in [9.17, 15) is 0 Å². The van der Waals surface area contributed by atoms with Crippen LogP contribution in [-0.2, 0) is 0 Å². The first-order valence-electron chi connectivity index (χ1n) is 5.34. The maximum atomic E-state index is 3.98. The highest BCUT2D eigenvalue weighted by Crippen LogP contribution is 1.97. The molecule has 2 heterocycles. The molecule has 2 rings (SSSR count). The van der Waals surface area contributed by atoms with Crippen molar-refractivity contribution in [3.63, 3.8) is 0 Å². The van der Waals surface area contributed by atoms with Crippen LogP contribution in [0.1, 0.15) is 22.3 Å². The molecule has 0 aliphatic rings. The molecule has 84 valence electrons. The standard InChI is InChI=1S/2C7H9N/c2*1-6-3-7(2)5-8-4-6/h2*3-5H,1-2H3. The zero-order chi connectivity index (χ0) is 12.0. The molecular formula is C14H18N2. The molecule has 0 aromatic carbocycles. The zero-order valence-electron chi connectivity index (χ0n) is 10.4. The van der Waals surface area contributed by atoms with Gasteiger partial charge in [-0.25, -0.2) is 0 Å². The van der Waals surface area contributed by atoms with Gasteiger partial charge in [-0.15, -0.1) is 0 Å². The summed E-state index contributed by atoms with van der Waals surface area (Å²) in [6, 6.07) is 4.21. The Labute approximate surface area is 97.4 Å². The maximum Gasteiger partial charge on any atom is 0.0297 e. The molecular weight excluding hydrogens is 196 g/mol. The molecule has 2 aromatic heterocycles. The van der Waals surface area contributed by atoms with E-state index in [-0.39, 0.29) is 0 Å². The van der Waals surface area contributed by atoms with E-state index in [2.05, 4.69) is 22.1 Å². The fourth-order valence-corrected chi connectivity index (χ4v) is 1.41. The summed E-state index contributed by atoms with van der Waals surface area (Å²) in [6.07, 6.45) is 7.42. The Morgan fingerprint density at radius 2 is 0.812 bits per heavy atom. The third-order valence-corrected chi connectivity index (χ3v) is 2.02. The van der Waals surface area contributed by atoms with Crippen LogP contribution < -0.4 is 0 Å². The Morgan fingerprint density at radius 3 is 0.938 bits per heavy atom. The molecule has 0 aliphatic heterocycles. The first-order chi connectivity index (χ1) is 7.58. The molecule has 2 nitrogen and oxygen atoms in total. The third-order valence-electron chi connectivity index (χ3n) is 2.02. The average Bonchev–Trinajstić information content (AvgIpc) is 2.17. The molecule has 0 spiro atoms. The van der Waals surface area contributed by atoms with E-state index in [0.717, 1.165) is 0 Å². The molecule has 0 atom stereocenters. The number of hydrogen-bond acceptors (Lipinski definition) is 2. The molecule has 0 aliphatic carbocycles. The number of aryl methyl sites for hydroxylation is 4. The van der Waals surface area contributed by atoms with Gasteiger partial charge in [0.25, 0.3) is 0 Å². The molecule has 0 N–H and O–H groups in total. The lowest BCUT2D eigenvalue weighted by molar-refractivity contribution is 1.22. The lowest BCUT2D eigenvalue weighted by Crippen LogP contribution is -1.76. The third kappa shape index (κ3) is 4.69. The summed E-state index contributed by atoms with van der Waals surface area (Å²) in [7, 11) is 0. The smallest absolute Gasteiger partial charge is 0.0297 e. The van der Waals surface area contributed by atoms with Crippen LogP contribution in [0.15, 0.2) is 36.9 Å². The molecule has 0 amide bonds. The minimum Gasteiger partial charge on any atom is -0.264 e. The van der Waals surface area contributed by atoms with Crippen LogP contribution in [0.4, 0.5) is 0 Å². The van der Waals surface area contributed by atoms with Crippen molar-refractivity contribution in [2.75, 3.05) is 0 Å². The van der Waals surface area contributed by atoms with Gasteiger partial charge in [-0.3, -0.25) is 9.97 Å². The van der Waals surface area contributed by atoms with Crippen molar-refractivity contribution < 1.29 is 0 Å². The summed E-state index contributed by atoms with van der Waals surface area (Å²) in [5, 5.41) is 0. The zero-order valence-corrected chi connectivity index (χ0v) is 10.4. The highest BCUT2D eigenvalue weighted by atomic mass is 14.6. The number of rotatable bonds is 0. The summed E-state index contributed by atoms with van der Waals surface area (Å²) in [5.41, 5.74) is 4.91. The van der Waals surface area contributed by atoms with Crippen LogP contribution in [-0.4, -0.2) is 9.97 Å². The monoisotopic (exact) mass is 214 g/mol. The predicted molar refractivity (Wildman–Crippen MR) is 67.4 cm³/mol. The van der Waals surface area contributed by atoms with Crippen molar-refractivity contribution in [1.29, 1.82) is 0 Å². The van der Waals surface area contributed by atoms with Gasteiger partial charge in [-0.2, -0.15) is 0 Å². The van der Waals surface area contributed by atoms with E-state index in [1.807, 2.05) is 52.5 Å². The second-order valence-electron chi connectivity index (χ2n) is 4.08. The van der Waals surface area contributed by atoms with Crippen molar-refractivity contribution in [3.05, 3.63) is 59.2 Å². The Morgan fingerprint density at radius 1 is 0.562 bits per heavy atom. The Hall–Kier alpha value is -1.70. The second kappa shape index (κ2) is 6.01. The number of nitrogens with zero attached hydrogens (tertiary/aromatic N) is 2. The largest absolute Gasteiger partial charge is 0.264 e. The summed E-state index contributed by atoms with van der Waals surface area (Å²) in [4.78, 5) is 7.97. The summed E-state index contributed by atoms with van der Waals surface area (Å²) in [6.45, 7) is 8.17. The van der Waals surface area contributed by atoms with Gasteiger partial charge in [0.05, 0.1) is 0 Å². The van der Waals surface area contributed by atoms with E-state index in [0.29, 0.717) is 0 Å². The topological polar surface area (TPSA) is 25.8 Å². The van der Waals surface area contributed by atoms with E-state index < -0.39 is 0 Å². The van der Waals surface area contributed by atoms with Crippen LogP contribution in [0.5, 0.6) is 0 Å². The Bertz CT molecular complexity index is 372. The van der Waals surface area contributed by atoms with Crippen molar-refractivity contribution >= 4 is 0 Å². The number of aromatic nitrogens is 2. The maximum absolute atomic E-state index is 3.98. The van der Waals surface area contributed by atoms with E-state index >= 15 is 0 Å². The summed E-state index contributed by atoms with van der Waals surface area (Å²) < 4.78 is 0. The van der Waals surface area contributed by atoms with Gasteiger partial charge in [-0.1, -0.05) is 12.1 Å². The Balaban J connectivity index is 0.000000160. The van der Waals surface area contributed by atoms with Gasteiger partial charge < -0.3 is 0 Å². The fourth-order valence-electron chi connectivity index (χ4n) is 1.41. The quantitative estimate of drug-likeness (QED) is 0.671. The lowest BCUT2D eigenvalue weighted by atomic mass is 10.2. The minimum absolute atomic E-state index is 1.23. The SMILES string of the molecule is Cc1cncc(C)c1.Cc1cncc(C)c1. The highest BCUT2D eigenvalue weighted by Gasteiger charge is 1.82. The average molecular weight is 214 g/mol. The van der Waals surface area contributed by atoms with Gasteiger partial charge in [0.15, 0.2) is 0 Å². The molecule has 0 radical (unpaired) electrons. The summed E-state index contributed by atoms with van der Waals surface area (Å²) >= 11 is 0. The van der Waals surface area contributed by atoms with Crippen molar-refractivity contribution in [2.45, 2.75) is 27.7 Å². The minimum atomic E-state index is 1.23. The van der Waals surface area contributed by atoms with Crippen LogP contribution >= 0.6 is 0 Å².